The predicted octanol–water partition coefficient (Wildman–Crippen LogP) is 2.71. The summed E-state index contributed by atoms with van der Waals surface area (Å²) in [5, 5.41) is 8.14. The zero-order valence-electron chi connectivity index (χ0n) is 12.6. The Kier molecular flexibility index (Phi) is 4.91. The van der Waals surface area contributed by atoms with Crippen molar-refractivity contribution < 1.29 is 28.2 Å². The molecule has 0 bridgehead atoms. The molecule has 1 aromatic carbocycles. The molecule has 0 radical (unpaired) electrons. The van der Waals surface area contributed by atoms with Crippen LogP contribution in [-0.2, 0) is 9.53 Å². The highest BCUT2D eigenvalue weighted by Gasteiger charge is 2.37. The first kappa shape index (κ1) is 17.6. The van der Waals surface area contributed by atoms with Gasteiger partial charge in [0, 0.05) is 13.1 Å². The first-order valence-corrected chi connectivity index (χ1v) is 7.31. The topological polar surface area (TPSA) is 66.8 Å². The maximum atomic E-state index is 14.0. The number of carboxylic acids is 1. The summed E-state index contributed by atoms with van der Waals surface area (Å²) >= 11 is 5.50. The van der Waals surface area contributed by atoms with E-state index in [-0.39, 0.29) is 25.1 Å². The second-order valence-electron chi connectivity index (χ2n) is 6.01. The van der Waals surface area contributed by atoms with Crippen LogP contribution < -0.4 is 0 Å². The van der Waals surface area contributed by atoms with E-state index in [0.29, 0.717) is 0 Å². The van der Waals surface area contributed by atoms with Gasteiger partial charge in [-0.25, -0.2) is 8.78 Å². The molecule has 2 rings (SSSR count). The molecule has 1 heterocycles. The fourth-order valence-corrected chi connectivity index (χ4v) is 2.78. The van der Waals surface area contributed by atoms with Crippen molar-refractivity contribution in [2.45, 2.75) is 32.0 Å². The molecule has 0 aliphatic carbocycles. The molecular formula is C15H16ClF2NO4. The molecule has 5 nitrogen and oxygen atoms in total. The minimum absolute atomic E-state index is 0.00298. The van der Waals surface area contributed by atoms with Gasteiger partial charge >= 0.3 is 5.97 Å². The number of aliphatic carboxylic acids is 1. The number of hydrogen-bond donors (Lipinski definition) is 1. The number of morpholine rings is 1. The highest BCUT2D eigenvalue weighted by atomic mass is 35.5. The number of amides is 1. The lowest BCUT2D eigenvalue weighted by atomic mass is 10.0. The van der Waals surface area contributed by atoms with Crippen LogP contribution in [0.15, 0.2) is 12.1 Å². The van der Waals surface area contributed by atoms with E-state index in [0.717, 1.165) is 12.1 Å². The summed E-state index contributed by atoms with van der Waals surface area (Å²) in [6.07, 6.45) is -0.987. The third-order valence-corrected chi connectivity index (χ3v) is 3.78. The van der Waals surface area contributed by atoms with Crippen molar-refractivity contribution in [2.24, 2.45) is 0 Å². The Morgan fingerprint density at radius 2 is 2.09 bits per heavy atom. The number of carboxylic acid groups (broad SMARTS) is 1. The van der Waals surface area contributed by atoms with Crippen LogP contribution in [0.1, 0.15) is 30.6 Å². The quantitative estimate of drug-likeness (QED) is 0.854. The van der Waals surface area contributed by atoms with E-state index in [9.17, 15) is 18.4 Å². The average molecular weight is 348 g/mol. The van der Waals surface area contributed by atoms with Crippen molar-refractivity contribution in [3.05, 3.63) is 34.4 Å². The molecule has 1 aromatic rings. The van der Waals surface area contributed by atoms with Crippen LogP contribution in [-0.4, -0.2) is 46.7 Å². The van der Waals surface area contributed by atoms with E-state index >= 15 is 0 Å². The normalized spacial score (nSPS) is 20.4. The molecule has 126 valence electrons. The van der Waals surface area contributed by atoms with Crippen LogP contribution >= 0.6 is 11.6 Å². The van der Waals surface area contributed by atoms with Crippen molar-refractivity contribution >= 4 is 23.5 Å². The number of carbonyl (C=O) groups is 2. The minimum atomic E-state index is -1.13. The van der Waals surface area contributed by atoms with E-state index in [1.54, 1.807) is 13.8 Å². The standard InChI is InChI=1S/C15H16ClF2NO4/c1-15(2)7-19(6-8(23-15)5-11(20)21)14(22)9-3-4-10(17)12(16)13(9)18/h3-4,8H,5-7H2,1-2H3,(H,20,21). The van der Waals surface area contributed by atoms with Crippen LogP contribution in [0.4, 0.5) is 8.78 Å². The van der Waals surface area contributed by atoms with Crippen LogP contribution in [0.3, 0.4) is 0 Å². The highest BCUT2D eigenvalue weighted by Crippen LogP contribution is 2.27. The van der Waals surface area contributed by atoms with Crippen molar-refractivity contribution in [1.82, 2.24) is 4.90 Å². The molecule has 1 unspecified atom stereocenters. The molecule has 0 aromatic heterocycles. The average Bonchev–Trinajstić information content (AvgIpc) is 2.42. The molecule has 0 saturated carbocycles. The van der Waals surface area contributed by atoms with Crippen molar-refractivity contribution in [3.63, 3.8) is 0 Å². The number of hydrogen-bond acceptors (Lipinski definition) is 3. The summed E-state index contributed by atoms with van der Waals surface area (Å²) < 4.78 is 32.9. The molecule has 1 N–H and O–H groups in total. The largest absolute Gasteiger partial charge is 0.481 e. The summed E-state index contributed by atoms with van der Waals surface area (Å²) in [7, 11) is 0. The maximum Gasteiger partial charge on any atom is 0.306 e. The lowest BCUT2D eigenvalue weighted by Gasteiger charge is -2.42. The SMILES string of the molecule is CC1(C)CN(C(=O)c2ccc(F)c(Cl)c2F)CC(CC(=O)O)O1. The van der Waals surface area contributed by atoms with E-state index in [2.05, 4.69) is 0 Å². The van der Waals surface area contributed by atoms with Gasteiger partial charge < -0.3 is 14.7 Å². The van der Waals surface area contributed by atoms with Gasteiger partial charge in [-0.1, -0.05) is 11.6 Å². The van der Waals surface area contributed by atoms with Gasteiger partial charge in [0.15, 0.2) is 5.82 Å². The fraction of sp³-hybridized carbons (Fsp3) is 0.467. The van der Waals surface area contributed by atoms with E-state index in [1.807, 2.05) is 0 Å². The van der Waals surface area contributed by atoms with Gasteiger partial charge in [0.2, 0.25) is 0 Å². The Morgan fingerprint density at radius 1 is 1.43 bits per heavy atom. The van der Waals surface area contributed by atoms with Crippen molar-refractivity contribution in [3.8, 4) is 0 Å². The Balaban J connectivity index is 2.27. The number of carbonyl (C=O) groups excluding carboxylic acids is 1. The Labute approximate surface area is 136 Å². The molecular weight excluding hydrogens is 332 g/mol. The zero-order chi connectivity index (χ0) is 17.4. The second kappa shape index (κ2) is 6.41. The van der Waals surface area contributed by atoms with Crippen LogP contribution in [0.5, 0.6) is 0 Å². The smallest absolute Gasteiger partial charge is 0.306 e. The molecule has 1 atom stereocenters. The summed E-state index contributed by atoms with van der Waals surface area (Å²) in [6, 6.07) is 1.94. The zero-order valence-corrected chi connectivity index (χ0v) is 13.4. The molecule has 0 spiro atoms. The van der Waals surface area contributed by atoms with Crippen LogP contribution in [0.2, 0.25) is 5.02 Å². The van der Waals surface area contributed by atoms with E-state index < -0.39 is 40.2 Å². The Hall–Kier alpha value is -1.73. The maximum absolute atomic E-state index is 14.0. The molecule has 1 fully saturated rings. The third kappa shape index (κ3) is 3.97. The second-order valence-corrected chi connectivity index (χ2v) is 6.38. The number of rotatable bonds is 3. The Morgan fingerprint density at radius 3 is 2.70 bits per heavy atom. The molecule has 8 heteroatoms. The summed E-state index contributed by atoms with van der Waals surface area (Å²) in [5.41, 5.74) is -1.14. The number of benzene rings is 1. The predicted molar refractivity (Wildman–Crippen MR) is 78.5 cm³/mol. The first-order chi connectivity index (χ1) is 10.6. The van der Waals surface area contributed by atoms with Gasteiger partial charge in [-0.05, 0) is 26.0 Å². The lowest BCUT2D eigenvalue weighted by molar-refractivity contribution is -0.154. The summed E-state index contributed by atoms with van der Waals surface area (Å²) in [6.45, 7) is 3.56. The van der Waals surface area contributed by atoms with Crippen LogP contribution in [0, 0.1) is 11.6 Å². The minimum Gasteiger partial charge on any atom is -0.481 e. The Bertz CT molecular complexity index is 651. The van der Waals surface area contributed by atoms with Gasteiger partial charge in [-0.15, -0.1) is 0 Å². The third-order valence-electron chi connectivity index (χ3n) is 3.44. The van der Waals surface area contributed by atoms with Gasteiger partial charge in [0.05, 0.1) is 23.7 Å². The fourth-order valence-electron chi connectivity index (χ4n) is 2.61. The highest BCUT2D eigenvalue weighted by molar-refractivity contribution is 6.31. The molecule has 23 heavy (non-hydrogen) atoms. The molecule has 1 aliphatic rings. The summed E-state index contributed by atoms with van der Waals surface area (Å²) in [4.78, 5) is 24.7. The van der Waals surface area contributed by atoms with Gasteiger partial charge in [0.25, 0.3) is 5.91 Å². The van der Waals surface area contributed by atoms with Gasteiger partial charge in [-0.3, -0.25) is 9.59 Å². The lowest BCUT2D eigenvalue weighted by Crippen LogP contribution is -2.55. The number of ether oxygens (including phenoxy) is 1. The number of nitrogens with zero attached hydrogens (tertiary/aromatic N) is 1. The van der Waals surface area contributed by atoms with Gasteiger partial charge in [-0.2, -0.15) is 0 Å². The monoisotopic (exact) mass is 347 g/mol. The molecule has 1 amide bonds. The van der Waals surface area contributed by atoms with Gasteiger partial charge in [0.1, 0.15) is 10.8 Å². The first-order valence-electron chi connectivity index (χ1n) is 6.93. The van der Waals surface area contributed by atoms with Crippen LogP contribution in [0.25, 0.3) is 0 Å². The van der Waals surface area contributed by atoms with Crippen molar-refractivity contribution in [2.75, 3.05) is 13.1 Å². The number of halogens is 3. The summed E-state index contributed by atoms with van der Waals surface area (Å²) in [5.74, 6) is -3.82. The molecule has 1 aliphatic heterocycles. The molecule has 1 saturated heterocycles. The van der Waals surface area contributed by atoms with E-state index in [1.165, 1.54) is 4.90 Å². The van der Waals surface area contributed by atoms with Crippen molar-refractivity contribution in [1.29, 1.82) is 0 Å². The van der Waals surface area contributed by atoms with E-state index in [4.69, 9.17) is 21.4 Å².